The third kappa shape index (κ3) is 4.47. The Morgan fingerprint density at radius 1 is 0.939 bits per heavy atom. The first-order chi connectivity index (χ1) is 16.2. The van der Waals surface area contributed by atoms with E-state index in [1.807, 2.05) is 61.5 Å². The monoisotopic (exact) mass is 436 g/mol. The average molecular weight is 436 g/mol. The summed E-state index contributed by atoms with van der Waals surface area (Å²) in [7, 11) is 0. The number of nitrogens with one attached hydrogen (secondary N) is 4. The van der Waals surface area contributed by atoms with Crippen molar-refractivity contribution < 1.29 is 4.79 Å². The number of rotatable bonds is 5. The smallest absolute Gasteiger partial charge is 0.323 e. The second-order valence-corrected chi connectivity index (χ2v) is 7.38. The van der Waals surface area contributed by atoms with Gasteiger partial charge in [-0.05, 0) is 55.0 Å². The van der Waals surface area contributed by atoms with E-state index in [1.54, 1.807) is 24.8 Å². The fourth-order valence-electron chi connectivity index (χ4n) is 3.41. The molecule has 3 aromatic heterocycles. The summed E-state index contributed by atoms with van der Waals surface area (Å²) in [6.45, 7) is 1.97. The van der Waals surface area contributed by atoms with E-state index < -0.39 is 0 Å². The summed E-state index contributed by atoms with van der Waals surface area (Å²) in [5.74, 6) is 0.452. The number of urea groups is 1. The maximum atomic E-state index is 12.6. The van der Waals surface area contributed by atoms with Gasteiger partial charge in [0.2, 0.25) is 5.95 Å². The first-order valence-electron chi connectivity index (χ1n) is 10.3. The van der Waals surface area contributed by atoms with E-state index in [-0.39, 0.29) is 6.03 Å². The normalized spacial score (nSPS) is 10.7. The Labute approximate surface area is 189 Å². The Balaban J connectivity index is 1.32. The van der Waals surface area contributed by atoms with E-state index in [2.05, 4.69) is 41.1 Å². The third-order valence-electron chi connectivity index (χ3n) is 5.09. The quantitative estimate of drug-likeness (QED) is 0.304. The van der Waals surface area contributed by atoms with E-state index in [4.69, 9.17) is 0 Å². The first-order valence-corrected chi connectivity index (χ1v) is 10.3. The largest absolute Gasteiger partial charge is 0.324 e. The molecule has 0 bridgehead atoms. The highest BCUT2D eigenvalue weighted by Gasteiger charge is 2.10. The molecule has 5 aromatic rings. The second kappa shape index (κ2) is 8.75. The van der Waals surface area contributed by atoms with Crippen LogP contribution in [0.25, 0.3) is 22.2 Å². The van der Waals surface area contributed by atoms with Gasteiger partial charge in [0.1, 0.15) is 0 Å². The number of hydrogen-bond acceptors (Lipinski definition) is 6. The number of carbonyl (C=O) groups excluding carboxylic acids is 1. The summed E-state index contributed by atoms with van der Waals surface area (Å²) in [4.78, 5) is 25.6. The van der Waals surface area contributed by atoms with Gasteiger partial charge in [-0.2, -0.15) is 5.10 Å². The van der Waals surface area contributed by atoms with Crippen molar-refractivity contribution in [3.8, 4) is 11.3 Å². The fourth-order valence-corrected chi connectivity index (χ4v) is 3.41. The molecule has 0 fully saturated rings. The lowest BCUT2D eigenvalue weighted by molar-refractivity contribution is 0.262. The first kappa shape index (κ1) is 20.1. The number of aromatic nitrogens is 5. The maximum absolute atomic E-state index is 12.6. The minimum absolute atomic E-state index is 0.353. The summed E-state index contributed by atoms with van der Waals surface area (Å²) in [5.41, 5.74) is 5.59. The number of hydrogen-bond donors (Lipinski definition) is 4. The molecule has 4 N–H and O–H groups in total. The van der Waals surface area contributed by atoms with E-state index in [0.29, 0.717) is 17.3 Å². The van der Waals surface area contributed by atoms with Gasteiger partial charge in [-0.15, -0.1) is 0 Å². The van der Waals surface area contributed by atoms with Gasteiger partial charge in [0.15, 0.2) is 0 Å². The molecule has 0 saturated heterocycles. The zero-order valence-corrected chi connectivity index (χ0v) is 17.7. The number of benzene rings is 2. The van der Waals surface area contributed by atoms with Gasteiger partial charge < -0.3 is 16.0 Å². The summed E-state index contributed by atoms with van der Waals surface area (Å²) < 4.78 is 0. The highest BCUT2D eigenvalue weighted by Crippen LogP contribution is 2.25. The molecule has 0 unspecified atom stereocenters. The summed E-state index contributed by atoms with van der Waals surface area (Å²) >= 11 is 0. The van der Waals surface area contributed by atoms with Gasteiger partial charge in [0.05, 0.1) is 23.1 Å². The van der Waals surface area contributed by atoms with Gasteiger partial charge in [0, 0.05) is 40.9 Å². The second-order valence-electron chi connectivity index (χ2n) is 7.38. The minimum Gasteiger partial charge on any atom is -0.324 e. The lowest BCUT2D eigenvalue weighted by atomic mass is 10.2. The molecular weight excluding hydrogens is 416 g/mol. The maximum Gasteiger partial charge on any atom is 0.323 e. The molecule has 33 heavy (non-hydrogen) atoms. The van der Waals surface area contributed by atoms with Crippen LogP contribution in [0.2, 0.25) is 0 Å². The van der Waals surface area contributed by atoms with Gasteiger partial charge in [-0.1, -0.05) is 12.1 Å². The van der Waals surface area contributed by atoms with Crippen LogP contribution in [0.1, 0.15) is 5.56 Å². The number of carbonyl (C=O) groups is 1. The van der Waals surface area contributed by atoms with Crippen LogP contribution < -0.4 is 16.0 Å². The molecule has 9 heteroatoms. The Bertz CT molecular complexity index is 1430. The standard InChI is InChI=1S/C24H20N8O/c1-15-7-8-17(28-24(33)31-20-5-2-6-21-18(20)14-27-32-21)12-22(15)30-23-26-11-9-19(29-23)16-4-3-10-25-13-16/h2-14H,1H3,(H,27,32)(H,26,29,30)(H2,28,31,33). The predicted molar refractivity (Wildman–Crippen MR) is 128 cm³/mol. The topological polar surface area (TPSA) is 121 Å². The van der Waals surface area contributed by atoms with Gasteiger partial charge in [-0.3, -0.25) is 10.1 Å². The minimum atomic E-state index is -0.353. The molecule has 0 atom stereocenters. The molecule has 0 aliphatic rings. The molecule has 9 nitrogen and oxygen atoms in total. The summed E-state index contributed by atoms with van der Waals surface area (Å²) in [6.07, 6.45) is 6.85. The predicted octanol–water partition coefficient (Wildman–Crippen LogP) is 5.11. The fraction of sp³-hybridized carbons (Fsp3) is 0.0417. The van der Waals surface area contributed by atoms with Gasteiger partial charge >= 0.3 is 6.03 Å². The Kier molecular flexibility index (Phi) is 5.34. The van der Waals surface area contributed by atoms with Crippen LogP contribution in [0.3, 0.4) is 0 Å². The lowest BCUT2D eigenvalue weighted by Crippen LogP contribution is -2.19. The molecule has 0 saturated carbocycles. The van der Waals surface area contributed by atoms with Crippen molar-refractivity contribution in [2.75, 3.05) is 16.0 Å². The van der Waals surface area contributed by atoms with E-state index in [0.717, 1.165) is 33.4 Å². The zero-order valence-electron chi connectivity index (χ0n) is 17.7. The molecule has 0 aliphatic carbocycles. The molecule has 0 radical (unpaired) electrons. The molecule has 162 valence electrons. The molecule has 2 aromatic carbocycles. The van der Waals surface area contributed by atoms with Crippen molar-refractivity contribution in [3.63, 3.8) is 0 Å². The van der Waals surface area contributed by atoms with Crippen molar-refractivity contribution in [2.24, 2.45) is 0 Å². The van der Waals surface area contributed by atoms with Crippen molar-refractivity contribution in [1.82, 2.24) is 25.1 Å². The van der Waals surface area contributed by atoms with Gasteiger partial charge in [0.25, 0.3) is 0 Å². The highest BCUT2D eigenvalue weighted by atomic mass is 16.2. The molecule has 0 aliphatic heterocycles. The lowest BCUT2D eigenvalue weighted by Gasteiger charge is -2.13. The number of fused-ring (bicyclic) bond motifs is 1. The van der Waals surface area contributed by atoms with E-state index in [1.165, 1.54) is 0 Å². The number of H-pyrrole nitrogens is 1. The van der Waals surface area contributed by atoms with Crippen LogP contribution in [0.4, 0.5) is 27.8 Å². The third-order valence-corrected chi connectivity index (χ3v) is 5.09. The molecule has 3 heterocycles. The Hall–Kier alpha value is -4.79. The number of aromatic amines is 1. The molecule has 5 rings (SSSR count). The summed E-state index contributed by atoms with van der Waals surface area (Å²) in [6, 6.07) is 16.5. The van der Waals surface area contributed by atoms with Crippen LogP contribution in [-0.2, 0) is 0 Å². The van der Waals surface area contributed by atoms with E-state index >= 15 is 0 Å². The summed E-state index contributed by atoms with van der Waals surface area (Å²) in [5, 5.41) is 16.7. The number of pyridine rings is 1. The molecule has 2 amide bonds. The van der Waals surface area contributed by atoms with Crippen LogP contribution >= 0.6 is 0 Å². The van der Waals surface area contributed by atoms with Gasteiger partial charge in [-0.25, -0.2) is 14.8 Å². The van der Waals surface area contributed by atoms with Crippen molar-refractivity contribution in [1.29, 1.82) is 0 Å². The van der Waals surface area contributed by atoms with Crippen LogP contribution in [-0.4, -0.2) is 31.2 Å². The van der Waals surface area contributed by atoms with Crippen LogP contribution in [0, 0.1) is 6.92 Å². The molecular formula is C24H20N8O. The zero-order chi connectivity index (χ0) is 22.6. The van der Waals surface area contributed by atoms with E-state index in [9.17, 15) is 4.79 Å². The molecule has 0 spiro atoms. The van der Waals surface area contributed by atoms with Crippen molar-refractivity contribution >= 4 is 39.9 Å². The number of anilines is 4. The number of aryl methyl sites for hydroxylation is 1. The number of amides is 2. The highest BCUT2D eigenvalue weighted by molar-refractivity contribution is 6.05. The average Bonchev–Trinajstić information content (AvgIpc) is 3.32. The van der Waals surface area contributed by atoms with Crippen molar-refractivity contribution in [3.05, 3.63) is 84.9 Å². The SMILES string of the molecule is Cc1ccc(NC(=O)Nc2cccc3[nH]ncc23)cc1Nc1nccc(-c2cccnc2)n1. The Morgan fingerprint density at radius 3 is 2.76 bits per heavy atom. The number of nitrogens with zero attached hydrogens (tertiary/aromatic N) is 4. The van der Waals surface area contributed by atoms with Crippen molar-refractivity contribution in [2.45, 2.75) is 6.92 Å². The Morgan fingerprint density at radius 2 is 1.88 bits per heavy atom. The van der Waals surface area contributed by atoms with Crippen LogP contribution in [0.15, 0.2) is 79.4 Å². The van der Waals surface area contributed by atoms with Crippen LogP contribution in [0.5, 0.6) is 0 Å².